The van der Waals surface area contributed by atoms with E-state index in [1.54, 1.807) is 29.2 Å². The topological polar surface area (TPSA) is 60.9 Å². The largest absolute Gasteiger partial charge is 0.480 e. The number of para-hydroxylation sites is 1. The lowest BCUT2D eigenvalue weighted by atomic mass is 9.99. The fraction of sp³-hybridized carbons (Fsp3) is 0.467. The molecule has 1 heterocycles. The smallest absolute Gasteiger partial charge is 0.325 e. The number of hydrogen-bond donors (Lipinski definition) is 1. The van der Waals surface area contributed by atoms with Gasteiger partial charge in [0.05, 0.1) is 0 Å². The van der Waals surface area contributed by atoms with E-state index in [-0.39, 0.29) is 12.6 Å². The van der Waals surface area contributed by atoms with E-state index in [0.29, 0.717) is 24.7 Å². The first-order valence-corrected chi connectivity index (χ1v) is 6.91. The number of carboxylic acids is 1. The van der Waals surface area contributed by atoms with E-state index in [9.17, 15) is 9.59 Å². The number of benzene rings is 1. The first kappa shape index (κ1) is 14.4. The molecule has 1 fully saturated rings. The molecule has 0 radical (unpaired) electrons. The summed E-state index contributed by atoms with van der Waals surface area (Å²) in [6.07, 6.45) is 1.95. The lowest BCUT2D eigenvalue weighted by Crippen LogP contribution is -2.48. The maximum Gasteiger partial charge on any atom is 0.325 e. The zero-order chi connectivity index (χ0) is 14.5. The van der Waals surface area contributed by atoms with E-state index in [0.717, 1.165) is 12.8 Å². The lowest BCUT2D eigenvalue weighted by Gasteiger charge is -2.34. The normalized spacial score (nSPS) is 15.9. The highest BCUT2D eigenvalue weighted by atomic mass is 16.4. The van der Waals surface area contributed by atoms with Crippen molar-refractivity contribution in [2.45, 2.75) is 19.8 Å². The Morgan fingerprint density at radius 3 is 2.40 bits per heavy atom. The van der Waals surface area contributed by atoms with Crippen molar-refractivity contribution in [2.24, 2.45) is 5.92 Å². The Morgan fingerprint density at radius 2 is 1.85 bits per heavy atom. The van der Waals surface area contributed by atoms with Gasteiger partial charge in [-0.1, -0.05) is 25.1 Å². The molecule has 0 saturated carbocycles. The standard InChI is InChI=1S/C15H20N2O3/c1-12-7-9-16(10-8-12)15(20)17(11-14(18)19)13-5-3-2-4-6-13/h2-6,12H,7-11H2,1H3,(H,18,19). The molecule has 108 valence electrons. The Morgan fingerprint density at radius 1 is 1.25 bits per heavy atom. The summed E-state index contributed by atoms with van der Waals surface area (Å²) in [5.41, 5.74) is 0.624. The van der Waals surface area contributed by atoms with Crippen molar-refractivity contribution in [1.29, 1.82) is 0 Å². The average molecular weight is 276 g/mol. The molecule has 0 unspecified atom stereocenters. The van der Waals surface area contributed by atoms with Crippen LogP contribution >= 0.6 is 0 Å². The molecule has 0 atom stereocenters. The van der Waals surface area contributed by atoms with Gasteiger partial charge in [-0.15, -0.1) is 0 Å². The highest BCUT2D eigenvalue weighted by Crippen LogP contribution is 2.20. The molecule has 1 aliphatic rings. The van der Waals surface area contributed by atoms with Gasteiger partial charge in [0.15, 0.2) is 0 Å². The minimum atomic E-state index is -1.01. The Balaban J connectivity index is 2.14. The van der Waals surface area contributed by atoms with Crippen LogP contribution in [0.1, 0.15) is 19.8 Å². The number of urea groups is 1. The summed E-state index contributed by atoms with van der Waals surface area (Å²) in [4.78, 5) is 26.6. The first-order valence-electron chi connectivity index (χ1n) is 6.91. The van der Waals surface area contributed by atoms with Crippen LogP contribution in [0.5, 0.6) is 0 Å². The molecule has 0 spiro atoms. The number of carboxylic acid groups (broad SMARTS) is 1. The minimum Gasteiger partial charge on any atom is -0.480 e. The Labute approximate surface area is 118 Å². The molecule has 0 aliphatic carbocycles. The number of likely N-dealkylation sites (tertiary alicyclic amines) is 1. The molecule has 1 aromatic carbocycles. The fourth-order valence-corrected chi connectivity index (χ4v) is 2.38. The van der Waals surface area contributed by atoms with Crippen LogP contribution in [0.15, 0.2) is 30.3 Å². The van der Waals surface area contributed by atoms with Crippen LogP contribution in [0, 0.1) is 5.92 Å². The number of amides is 2. The van der Waals surface area contributed by atoms with Gasteiger partial charge in [0, 0.05) is 18.8 Å². The number of carbonyl (C=O) groups excluding carboxylic acids is 1. The van der Waals surface area contributed by atoms with Gasteiger partial charge >= 0.3 is 12.0 Å². The zero-order valence-electron chi connectivity index (χ0n) is 11.7. The minimum absolute atomic E-state index is 0.217. The SMILES string of the molecule is CC1CCN(C(=O)N(CC(=O)O)c2ccccc2)CC1. The monoisotopic (exact) mass is 276 g/mol. The highest BCUT2D eigenvalue weighted by molar-refractivity contribution is 5.96. The third kappa shape index (κ3) is 3.50. The predicted molar refractivity (Wildman–Crippen MR) is 76.8 cm³/mol. The van der Waals surface area contributed by atoms with Gasteiger partial charge in [-0.3, -0.25) is 9.69 Å². The highest BCUT2D eigenvalue weighted by Gasteiger charge is 2.26. The second kappa shape index (κ2) is 6.41. The average Bonchev–Trinajstić information content (AvgIpc) is 2.45. The Hall–Kier alpha value is -2.04. The van der Waals surface area contributed by atoms with Crippen LogP contribution in [0.3, 0.4) is 0 Å². The first-order chi connectivity index (χ1) is 9.58. The molecule has 5 nitrogen and oxygen atoms in total. The van der Waals surface area contributed by atoms with E-state index in [1.165, 1.54) is 4.90 Å². The van der Waals surface area contributed by atoms with Crippen LogP contribution in [0.2, 0.25) is 0 Å². The molecular weight excluding hydrogens is 256 g/mol. The van der Waals surface area contributed by atoms with Crippen molar-refractivity contribution in [3.63, 3.8) is 0 Å². The second-order valence-electron chi connectivity index (χ2n) is 5.27. The zero-order valence-corrected chi connectivity index (χ0v) is 11.7. The molecule has 0 aromatic heterocycles. The van der Waals surface area contributed by atoms with Crippen LogP contribution in [-0.2, 0) is 4.79 Å². The van der Waals surface area contributed by atoms with Crippen LogP contribution in [0.25, 0.3) is 0 Å². The van der Waals surface area contributed by atoms with Gasteiger partial charge in [0.2, 0.25) is 0 Å². The van der Waals surface area contributed by atoms with E-state index in [4.69, 9.17) is 5.11 Å². The summed E-state index contributed by atoms with van der Waals surface area (Å²) in [7, 11) is 0. The molecule has 5 heteroatoms. The molecular formula is C15H20N2O3. The number of anilines is 1. The Kier molecular flexibility index (Phi) is 4.61. The van der Waals surface area contributed by atoms with Crippen molar-refractivity contribution >= 4 is 17.7 Å². The molecule has 1 aliphatic heterocycles. The van der Waals surface area contributed by atoms with Gasteiger partial charge in [0.1, 0.15) is 6.54 Å². The predicted octanol–water partition coefficient (Wildman–Crippen LogP) is 2.43. The maximum absolute atomic E-state index is 12.5. The van der Waals surface area contributed by atoms with Gasteiger partial charge < -0.3 is 10.0 Å². The summed E-state index contributed by atoms with van der Waals surface area (Å²) in [6, 6.07) is 8.74. The van der Waals surface area contributed by atoms with Crippen molar-refractivity contribution in [2.75, 3.05) is 24.5 Å². The van der Waals surface area contributed by atoms with Crippen LogP contribution in [0.4, 0.5) is 10.5 Å². The van der Waals surface area contributed by atoms with E-state index >= 15 is 0 Å². The summed E-state index contributed by atoms with van der Waals surface area (Å²) >= 11 is 0. The molecule has 20 heavy (non-hydrogen) atoms. The van der Waals surface area contributed by atoms with Gasteiger partial charge in [-0.25, -0.2) is 4.79 Å². The second-order valence-corrected chi connectivity index (χ2v) is 5.27. The number of carbonyl (C=O) groups is 2. The molecule has 1 aromatic rings. The quantitative estimate of drug-likeness (QED) is 0.922. The van der Waals surface area contributed by atoms with E-state index in [1.807, 2.05) is 6.07 Å². The Bertz CT molecular complexity index is 467. The van der Waals surface area contributed by atoms with Crippen LogP contribution in [-0.4, -0.2) is 41.6 Å². The summed E-state index contributed by atoms with van der Waals surface area (Å²) in [6.45, 7) is 3.26. The number of aliphatic carboxylic acids is 1. The summed E-state index contributed by atoms with van der Waals surface area (Å²) in [5, 5.41) is 9.02. The van der Waals surface area contributed by atoms with E-state index in [2.05, 4.69) is 6.92 Å². The van der Waals surface area contributed by atoms with Gasteiger partial charge in [-0.05, 0) is 30.9 Å². The number of piperidine rings is 1. The number of nitrogens with zero attached hydrogens (tertiary/aromatic N) is 2. The molecule has 2 rings (SSSR count). The summed E-state index contributed by atoms with van der Waals surface area (Å²) in [5.74, 6) is -0.378. The van der Waals surface area contributed by atoms with Crippen molar-refractivity contribution in [3.8, 4) is 0 Å². The number of hydrogen-bond acceptors (Lipinski definition) is 2. The summed E-state index contributed by atoms with van der Waals surface area (Å²) < 4.78 is 0. The molecule has 1 N–H and O–H groups in total. The fourth-order valence-electron chi connectivity index (χ4n) is 2.38. The van der Waals surface area contributed by atoms with E-state index < -0.39 is 5.97 Å². The van der Waals surface area contributed by atoms with Gasteiger partial charge in [-0.2, -0.15) is 0 Å². The third-order valence-electron chi connectivity index (χ3n) is 3.65. The molecule has 1 saturated heterocycles. The van der Waals surface area contributed by atoms with Crippen LogP contribution < -0.4 is 4.90 Å². The maximum atomic E-state index is 12.5. The molecule has 2 amide bonds. The number of rotatable bonds is 3. The third-order valence-corrected chi connectivity index (χ3v) is 3.65. The van der Waals surface area contributed by atoms with Gasteiger partial charge in [0.25, 0.3) is 0 Å². The molecule has 0 bridgehead atoms. The van der Waals surface area contributed by atoms with Crippen molar-refractivity contribution < 1.29 is 14.7 Å². The lowest BCUT2D eigenvalue weighted by molar-refractivity contribution is -0.135. The van der Waals surface area contributed by atoms with Crippen molar-refractivity contribution in [1.82, 2.24) is 4.90 Å². The van der Waals surface area contributed by atoms with Crippen molar-refractivity contribution in [3.05, 3.63) is 30.3 Å².